The Bertz CT molecular complexity index is 967. The second-order valence-corrected chi connectivity index (χ2v) is 7.44. The monoisotopic (exact) mass is 378 g/mol. The summed E-state index contributed by atoms with van der Waals surface area (Å²) < 4.78 is 3.57. The van der Waals surface area contributed by atoms with Gasteiger partial charge in [0, 0.05) is 29.0 Å². The lowest BCUT2D eigenvalue weighted by Gasteiger charge is -2.35. The highest BCUT2D eigenvalue weighted by Crippen LogP contribution is 2.45. The van der Waals surface area contributed by atoms with E-state index < -0.39 is 0 Å². The Morgan fingerprint density at radius 2 is 1.75 bits per heavy atom. The second-order valence-electron chi connectivity index (χ2n) is 6.53. The van der Waals surface area contributed by atoms with E-state index in [9.17, 15) is 0 Å². The summed E-state index contributed by atoms with van der Waals surface area (Å²) in [6, 6.07) is 17.5. The van der Waals surface area contributed by atoms with Crippen molar-refractivity contribution >= 4 is 32.3 Å². The fourth-order valence-corrected chi connectivity index (χ4v) is 4.60. The van der Waals surface area contributed by atoms with E-state index in [0.717, 1.165) is 17.3 Å². The van der Waals surface area contributed by atoms with Gasteiger partial charge in [0.25, 0.3) is 0 Å². The number of hydrogen-bond donors (Lipinski definition) is 0. The molecule has 1 nitrogen and oxygen atoms in total. The molecule has 0 radical (unpaired) electrons. The Hall–Kier alpha value is -1.93. The lowest BCUT2D eigenvalue weighted by molar-refractivity contribution is -0.740. The van der Waals surface area contributed by atoms with Crippen LogP contribution in [0.1, 0.15) is 32.3 Å². The molecule has 3 aromatic rings. The highest BCUT2D eigenvalue weighted by atomic mass is 79.9. The number of nitrogens with zero attached hydrogens (tertiary/aromatic N) is 1. The van der Waals surface area contributed by atoms with Crippen molar-refractivity contribution in [2.24, 2.45) is 0 Å². The van der Waals surface area contributed by atoms with Crippen molar-refractivity contribution < 1.29 is 4.57 Å². The van der Waals surface area contributed by atoms with Gasteiger partial charge >= 0.3 is 0 Å². The van der Waals surface area contributed by atoms with Gasteiger partial charge in [0.05, 0.1) is 10.9 Å². The van der Waals surface area contributed by atoms with Crippen LogP contribution in [0.3, 0.4) is 0 Å². The minimum atomic E-state index is -0.0554. The summed E-state index contributed by atoms with van der Waals surface area (Å²) in [7, 11) is 0. The van der Waals surface area contributed by atoms with Crippen LogP contribution in [0.5, 0.6) is 0 Å². The zero-order valence-corrected chi connectivity index (χ0v) is 15.7. The lowest BCUT2D eigenvalue weighted by Crippen LogP contribution is -2.59. The van der Waals surface area contributed by atoms with E-state index in [1.54, 1.807) is 0 Å². The smallest absolute Gasteiger partial charge is 0.188 e. The van der Waals surface area contributed by atoms with E-state index in [2.05, 4.69) is 95.7 Å². The van der Waals surface area contributed by atoms with Gasteiger partial charge in [0.15, 0.2) is 11.7 Å². The van der Waals surface area contributed by atoms with Crippen LogP contribution in [-0.2, 0) is 5.54 Å². The van der Waals surface area contributed by atoms with Crippen molar-refractivity contribution in [1.82, 2.24) is 0 Å². The Morgan fingerprint density at radius 3 is 2.50 bits per heavy atom. The maximum atomic E-state index is 4.52. The Kier molecular flexibility index (Phi) is 3.61. The third-order valence-electron chi connectivity index (χ3n) is 5.61. The molecule has 2 aromatic carbocycles. The summed E-state index contributed by atoms with van der Waals surface area (Å²) in [5.41, 5.74) is 5.02. The minimum absolute atomic E-state index is 0.0554. The molecular weight excluding hydrogens is 358 g/mol. The molecule has 0 spiro atoms. The second kappa shape index (κ2) is 5.56. The van der Waals surface area contributed by atoms with Gasteiger partial charge < -0.3 is 0 Å². The van der Waals surface area contributed by atoms with Gasteiger partial charge in [-0.2, -0.15) is 4.57 Å². The lowest BCUT2D eigenvalue weighted by atomic mass is 9.75. The van der Waals surface area contributed by atoms with Crippen molar-refractivity contribution in [3.8, 4) is 11.3 Å². The van der Waals surface area contributed by atoms with Gasteiger partial charge in [-0.25, -0.2) is 0 Å². The van der Waals surface area contributed by atoms with Gasteiger partial charge in [-0.3, -0.25) is 0 Å². The molecule has 0 bridgehead atoms. The van der Waals surface area contributed by atoms with E-state index in [4.69, 9.17) is 0 Å². The molecule has 0 N–H and O–H groups in total. The van der Waals surface area contributed by atoms with Crippen molar-refractivity contribution in [2.45, 2.75) is 32.2 Å². The summed E-state index contributed by atoms with van der Waals surface area (Å²) >= 11 is 3.65. The molecule has 2 heterocycles. The van der Waals surface area contributed by atoms with Crippen LogP contribution in [0.2, 0.25) is 0 Å². The Morgan fingerprint density at radius 1 is 1.00 bits per heavy atom. The quantitative estimate of drug-likeness (QED) is 0.474. The summed E-state index contributed by atoms with van der Waals surface area (Å²) in [5, 5.41) is 2.58. The SMILES string of the molecule is C=C1c2ccc(Br)cc2-c2c3ccccc3cc[n+]2C1(CC)CC. The van der Waals surface area contributed by atoms with Gasteiger partial charge in [0.2, 0.25) is 5.69 Å². The van der Waals surface area contributed by atoms with Crippen LogP contribution < -0.4 is 4.57 Å². The maximum absolute atomic E-state index is 4.52. The van der Waals surface area contributed by atoms with Gasteiger partial charge in [-0.1, -0.05) is 60.6 Å². The average molecular weight is 379 g/mol. The molecule has 1 aromatic heterocycles. The highest BCUT2D eigenvalue weighted by molar-refractivity contribution is 9.10. The van der Waals surface area contributed by atoms with E-state index in [0.29, 0.717) is 0 Å². The molecule has 120 valence electrons. The van der Waals surface area contributed by atoms with Crippen molar-refractivity contribution in [3.05, 3.63) is 71.3 Å². The predicted octanol–water partition coefficient (Wildman–Crippen LogP) is 6.10. The van der Waals surface area contributed by atoms with Crippen LogP contribution in [0.15, 0.2) is 65.8 Å². The number of halogens is 1. The first-order chi connectivity index (χ1) is 11.6. The first-order valence-electron chi connectivity index (χ1n) is 8.56. The van der Waals surface area contributed by atoms with Crippen molar-refractivity contribution in [1.29, 1.82) is 0 Å². The third kappa shape index (κ3) is 1.96. The number of aromatic nitrogens is 1. The number of fused-ring (bicyclic) bond motifs is 5. The van der Waals surface area contributed by atoms with E-state index in [1.807, 2.05) is 0 Å². The third-order valence-corrected chi connectivity index (χ3v) is 6.11. The fraction of sp³-hybridized carbons (Fsp3) is 0.227. The average Bonchev–Trinajstić information content (AvgIpc) is 2.62. The highest BCUT2D eigenvalue weighted by Gasteiger charge is 2.47. The van der Waals surface area contributed by atoms with E-state index >= 15 is 0 Å². The fourth-order valence-electron chi connectivity index (χ4n) is 4.24. The molecule has 0 saturated heterocycles. The number of hydrogen-bond acceptors (Lipinski definition) is 0. The molecular formula is C22H21BrN+. The van der Waals surface area contributed by atoms with E-state index in [-0.39, 0.29) is 5.54 Å². The first kappa shape index (κ1) is 15.6. The van der Waals surface area contributed by atoms with Crippen molar-refractivity contribution in [2.75, 3.05) is 0 Å². The predicted molar refractivity (Wildman–Crippen MR) is 105 cm³/mol. The Balaban J connectivity index is 2.21. The molecule has 0 unspecified atom stereocenters. The van der Waals surface area contributed by atoms with Gasteiger partial charge in [-0.15, -0.1) is 0 Å². The topological polar surface area (TPSA) is 3.88 Å². The normalized spacial score (nSPS) is 15.2. The molecule has 0 atom stereocenters. The standard InChI is InChI=1S/C22H21BrN/c1-4-22(5-2)15(3)18-11-10-17(23)14-20(18)21-19-9-7-6-8-16(19)12-13-24(21)22/h6-14H,3-5H2,1-2H3/q+1. The van der Waals surface area contributed by atoms with Crippen molar-refractivity contribution in [3.63, 3.8) is 0 Å². The molecule has 1 aliphatic rings. The summed E-state index contributed by atoms with van der Waals surface area (Å²) in [5.74, 6) is 0. The number of benzene rings is 2. The van der Waals surface area contributed by atoms with Crippen LogP contribution in [0.25, 0.3) is 27.6 Å². The largest absolute Gasteiger partial charge is 0.221 e. The number of rotatable bonds is 2. The zero-order chi connectivity index (χ0) is 16.9. The number of pyridine rings is 1. The van der Waals surface area contributed by atoms with Crippen LogP contribution in [0, 0.1) is 0 Å². The maximum Gasteiger partial charge on any atom is 0.221 e. The molecule has 2 heteroatoms. The van der Waals surface area contributed by atoms with Gasteiger partial charge in [0.1, 0.15) is 0 Å². The van der Waals surface area contributed by atoms with Gasteiger partial charge in [-0.05, 0) is 29.1 Å². The number of allylic oxidation sites excluding steroid dienone is 1. The molecule has 0 saturated carbocycles. The van der Waals surface area contributed by atoms with Crippen LogP contribution in [-0.4, -0.2) is 0 Å². The first-order valence-corrected chi connectivity index (χ1v) is 9.35. The van der Waals surface area contributed by atoms with E-state index in [1.165, 1.54) is 33.2 Å². The zero-order valence-electron chi connectivity index (χ0n) is 14.1. The minimum Gasteiger partial charge on any atom is -0.188 e. The van der Waals surface area contributed by atoms with Crippen LogP contribution >= 0.6 is 15.9 Å². The summed E-state index contributed by atoms with van der Waals surface area (Å²) in [6.45, 7) is 9.06. The molecule has 0 aliphatic carbocycles. The summed E-state index contributed by atoms with van der Waals surface area (Å²) in [6.07, 6.45) is 4.32. The van der Waals surface area contributed by atoms with Crippen LogP contribution in [0.4, 0.5) is 0 Å². The molecule has 4 rings (SSSR count). The summed E-state index contributed by atoms with van der Waals surface area (Å²) in [4.78, 5) is 0. The Labute approximate surface area is 151 Å². The molecule has 1 aliphatic heterocycles. The molecule has 0 fully saturated rings. The molecule has 24 heavy (non-hydrogen) atoms. The molecule has 0 amide bonds.